The second kappa shape index (κ2) is 48.9. The first-order valence-electron chi connectivity index (χ1n) is 23.9. The fraction of sp³-hybridized carbons (Fsp3) is 0.630. The summed E-state index contributed by atoms with van der Waals surface area (Å²) in [6.45, 7) is 3.94. The van der Waals surface area contributed by atoms with Crippen LogP contribution in [0.25, 0.3) is 0 Å². The summed E-state index contributed by atoms with van der Waals surface area (Å²) in [6, 6.07) is 0. The van der Waals surface area contributed by atoms with E-state index in [1.807, 2.05) is 0 Å². The number of carbonyl (C=O) groups is 2. The van der Waals surface area contributed by atoms with Gasteiger partial charge in [-0.2, -0.15) is 0 Å². The van der Waals surface area contributed by atoms with Gasteiger partial charge in [0.25, 0.3) is 0 Å². The Morgan fingerprint density at radius 1 is 0.407 bits per heavy atom. The Kier molecular flexibility index (Phi) is 46.1. The molecule has 0 aromatic heterocycles. The van der Waals surface area contributed by atoms with E-state index < -0.39 is 6.10 Å². The highest BCUT2D eigenvalue weighted by atomic mass is 16.6. The van der Waals surface area contributed by atoms with Crippen molar-refractivity contribution in [2.75, 3.05) is 13.2 Å². The lowest BCUT2D eigenvalue weighted by Gasteiger charge is -2.15. The summed E-state index contributed by atoms with van der Waals surface area (Å²) >= 11 is 0. The Morgan fingerprint density at radius 2 is 0.729 bits per heavy atom. The molecule has 0 heterocycles. The van der Waals surface area contributed by atoms with E-state index in [0.29, 0.717) is 12.8 Å². The second-order valence-electron chi connectivity index (χ2n) is 15.5. The van der Waals surface area contributed by atoms with Crippen LogP contribution in [0.3, 0.4) is 0 Å². The first-order valence-corrected chi connectivity index (χ1v) is 23.9. The zero-order valence-corrected chi connectivity index (χ0v) is 38.0. The first-order chi connectivity index (χ1) is 29.1. The van der Waals surface area contributed by atoms with Crippen molar-refractivity contribution in [3.8, 4) is 0 Å². The third-order valence-corrected chi connectivity index (χ3v) is 9.83. The van der Waals surface area contributed by atoms with Crippen LogP contribution in [0.1, 0.15) is 200 Å². The topological polar surface area (TPSA) is 72.8 Å². The number of aliphatic hydroxyl groups is 1. The van der Waals surface area contributed by atoms with Crippen molar-refractivity contribution < 1.29 is 24.2 Å². The quantitative estimate of drug-likeness (QED) is 0.0377. The Hall–Kier alpha value is -3.44. The van der Waals surface area contributed by atoms with E-state index in [4.69, 9.17) is 9.47 Å². The van der Waals surface area contributed by atoms with Crippen LogP contribution in [-0.4, -0.2) is 36.4 Å². The van der Waals surface area contributed by atoms with E-state index >= 15 is 0 Å². The molecule has 1 atom stereocenters. The van der Waals surface area contributed by atoms with E-state index in [0.717, 1.165) is 96.3 Å². The lowest BCUT2D eigenvalue weighted by Crippen LogP contribution is -2.28. The van der Waals surface area contributed by atoms with Crippen LogP contribution in [0, 0.1) is 0 Å². The molecule has 334 valence electrons. The fourth-order valence-corrected chi connectivity index (χ4v) is 6.25. The summed E-state index contributed by atoms with van der Waals surface area (Å²) in [6.07, 6.45) is 70.7. The van der Waals surface area contributed by atoms with E-state index in [1.165, 1.54) is 77.0 Å². The average Bonchev–Trinajstić information content (AvgIpc) is 3.24. The van der Waals surface area contributed by atoms with Crippen molar-refractivity contribution in [3.05, 3.63) is 109 Å². The third kappa shape index (κ3) is 47.1. The van der Waals surface area contributed by atoms with Crippen LogP contribution in [0.4, 0.5) is 0 Å². The maximum Gasteiger partial charge on any atom is 0.306 e. The predicted octanol–water partition coefficient (Wildman–Crippen LogP) is 15.8. The smallest absolute Gasteiger partial charge is 0.306 e. The first kappa shape index (κ1) is 55.6. The molecule has 1 N–H and O–H groups in total. The van der Waals surface area contributed by atoms with Crippen molar-refractivity contribution in [1.29, 1.82) is 0 Å². The molecule has 0 radical (unpaired) electrons. The van der Waals surface area contributed by atoms with Gasteiger partial charge in [0.15, 0.2) is 6.10 Å². The number of allylic oxidation sites excluding steroid dienone is 18. The van der Waals surface area contributed by atoms with Gasteiger partial charge < -0.3 is 14.6 Å². The Bertz CT molecular complexity index is 1200. The SMILES string of the molecule is CC/C=C\C/C=C\C/C=C\C/C=C\C/C=C\C/C=C\C/C=C\C/C=C\C/C=C\CCCCCCCCCCCCCC(=O)OC(CO)COC(=O)CCCCCCCC. The monoisotopic (exact) mass is 817 g/mol. The minimum atomic E-state index is -0.774. The number of esters is 2. The molecule has 0 saturated heterocycles. The van der Waals surface area contributed by atoms with E-state index in [1.54, 1.807) is 0 Å². The number of hydrogen-bond acceptors (Lipinski definition) is 5. The molecule has 0 saturated carbocycles. The molecule has 59 heavy (non-hydrogen) atoms. The van der Waals surface area contributed by atoms with Gasteiger partial charge in [0.05, 0.1) is 6.61 Å². The van der Waals surface area contributed by atoms with Gasteiger partial charge in [0, 0.05) is 12.8 Å². The van der Waals surface area contributed by atoms with Gasteiger partial charge >= 0.3 is 11.9 Å². The summed E-state index contributed by atoms with van der Waals surface area (Å²) in [7, 11) is 0. The van der Waals surface area contributed by atoms with Gasteiger partial charge in [0.1, 0.15) is 6.61 Å². The maximum absolute atomic E-state index is 12.2. The molecule has 0 amide bonds. The van der Waals surface area contributed by atoms with Crippen molar-refractivity contribution in [2.45, 2.75) is 206 Å². The Labute approximate surface area is 363 Å². The number of unbranched alkanes of at least 4 members (excludes halogenated alkanes) is 16. The molecule has 0 aromatic rings. The highest BCUT2D eigenvalue weighted by Crippen LogP contribution is 2.14. The highest BCUT2D eigenvalue weighted by Gasteiger charge is 2.16. The van der Waals surface area contributed by atoms with Crippen LogP contribution in [0.2, 0.25) is 0 Å². The van der Waals surface area contributed by atoms with Crippen molar-refractivity contribution in [2.24, 2.45) is 0 Å². The number of ether oxygens (including phenoxy) is 2. The van der Waals surface area contributed by atoms with E-state index in [2.05, 4.69) is 123 Å². The molecule has 5 heteroatoms. The minimum absolute atomic E-state index is 0.0709. The standard InChI is InChI=1S/C54H88O5/c1-3-5-7-9-11-12-13-14-15-16-17-18-19-20-21-22-23-24-25-26-27-28-29-30-31-32-33-34-35-36-37-38-39-40-41-42-43-45-47-49-54(57)59-52(50-55)51-58-53(56)48-46-44-10-8-6-4-2/h5,7,11-12,14-15,17-18,20-21,23-24,26-27,29-30,32-33,52,55H,3-4,6,8-10,13,16,19,22,25,28,31,34-51H2,1-2H3/b7-5-,12-11-,15-14-,18-17-,21-20-,24-23-,27-26-,30-29-,33-32-. The van der Waals surface area contributed by atoms with Gasteiger partial charge in [-0.3, -0.25) is 9.59 Å². The molecule has 0 aliphatic heterocycles. The van der Waals surface area contributed by atoms with Crippen molar-refractivity contribution >= 4 is 11.9 Å². The molecular weight excluding hydrogens is 729 g/mol. The Morgan fingerprint density at radius 3 is 1.10 bits per heavy atom. The fourth-order valence-electron chi connectivity index (χ4n) is 6.25. The molecule has 0 bridgehead atoms. The summed E-state index contributed by atoms with van der Waals surface area (Å²) in [5, 5.41) is 9.51. The normalized spacial score (nSPS) is 13.2. The average molecular weight is 817 g/mol. The number of hydrogen-bond donors (Lipinski definition) is 1. The number of aliphatic hydroxyl groups excluding tert-OH is 1. The zero-order chi connectivity index (χ0) is 42.8. The summed E-state index contributed by atoms with van der Waals surface area (Å²) in [5.74, 6) is -0.610. The van der Waals surface area contributed by atoms with Crippen LogP contribution < -0.4 is 0 Å². The maximum atomic E-state index is 12.2. The van der Waals surface area contributed by atoms with Gasteiger partial charge in [-0.15, -0.1) is 0 Å². The summed E-state index contributed by atoms with van der Waals surface area (Å²) in [4.78, 5) is 24.1. The van der Waals surface area contributed by atoms with Crippen molar-refractivity contribution in [1.82, 2.24) is 0 Å². The molecule has 0 aliphatic carbocycles. The Balaban J connectivity index is 3.55. The predicted molar refractivity (Wildman–Crippen MR) is 255 cm³/mol. The van der Waals surface area contributed by atoms with Crippen LogP contribution in [0.15, 0.2) is 109 Å². The van der Waals surface area contributed by atoms with Gasteiger partial charge in [-0.25, -0.2) is 0 Å². The molecular formula is C54H88O5. The molecule has 0 aromatic carbocycles. The number of carbonyl (C=O) groups excluding carboxylic acids is 2. The third-order valence-electron chi connectivity index (χ3n) is 9.83. The number of rotatable bonds is 42. The minimum Gasteiger partial charge on any atom is -0.462 e. The van der Waals surface area contributed by atoms with Crippen LogP contribution >= 0.6 is 0 Å². The lowest BCUT2D eigenvalue weighted by molar-refractivity contribution is -0.161. The largest absolute Gasteiger partial charge is 0.462 e. The molecule has 0 fully saturated rings. The molecule has 0 aliphatic rings. The second-order valence-corrected chi connectivity index (χ2v) is 15.5. The zero-order valence-electron chi connectivity index (χ0n) is 38.0. The van der Waals surface area contributed by atoms with Crippen LogP contribution in [-0.2, 0) is 19.1 Å². The summed E-state index contributed by atoms with van der Waals surface area (Å²) < 4.78 is 10.5. The molecule has 5 nitrogen and oxygen atoms in total. The van der Waals surface area contributed by atoms with Crippen LogP contribution in [0.5, 0.6) is 0 Å². The highest BCUT2D eigenvalue weighted by molar-refractivity contribution is 5.70. The van der Waals surface area contributed by atoms with E-state index in [9.17, 15) is 14.7 Å². The van der Waals surface area contributed by atoms with Gasteiger partial charge in [-0.05, 0) is 83.5 Å². The summed E-state index contributed by atoms with van der Waals surface area (Å²) in [5.41, 5.74) is 0. The molecule has 0 spiro atoms. The molecule has 0 rings (SSSR count). The molecule has 1 unspecified atom stereocenters. The van der Waals surface area contributed by atoms with Crippen molar-refractivity contribution in [3.63, 3.8) is 0 Å². The van der Waals surface area contributed by atoms with Gasteiger partial charge in [0.2, 0.25) is 0 Å². The van der Waals surface area contributed by atoms with E-state index in [-0.39, 0.29) is 25.2 Å². The lowest BCUT2D eigenvalue weighted by atomic mass is 10.0. The van der Waals surface area contributed by atoms with Gasteiger partial charge in [-0.1, -0.05) is 213 Å².